The Labute approximate surface area is 184 Å². The molecule has 1 heterocycles. The first-order valence-electron chi connectivity index (χ1n) is 9.80. The van der Waals surface area contributed by atoms with E-state index in [2.05, 4.69) is 5.32 Å². The van der Waals surface area contributed by atoms with Crippen molar-refractivity contribution in [1.29, 1.82) is 0 Å². The third-order valence-corrected chi connectivity index (χ3v) is 5.38. The van der Waals surface area contributed by atoms with E-state index >= 15 is 0 Å². The van der Waals surface area contributed by atoms with Gasteiger partial charge in [0.15, 0.2) is 0 Å². The first kappa shape index (κ1) is 23.0. The highest BCUT2D eigenvalue weighted by Crippen LogP contribution is 2.20. The summed E-state index contributed by atoms with van der Waals surface area (Å²) in [6.07, 6.45) is -0.773. The van der Waals surface area contributed by atoms with E-state index in [4.69, 9.17) is 37.4 Å². The number of carbonyl (C=O) groups excluding carboxylic acids is 3. The largest absolute Gasteiger partial charge is 0.445 e. The van der Waals surface area contributed by atoms with Crippen LogP contribution >= 0.6 is 23.2 Å². The van der Waals surface area contributed by atoms with E-state index < -0.39 is 29.8 Å². The fourth-order valence-corrected chi connectivity index (χ4v) is 4.00. The van der Waals surface area contributed by atoms with E-state index in [-0.39, 0.29) is 12.7 Å². The van der Waals surface area contributed by atoms with E-state index in [0.29, 0.717) is 54.9 Å². The zero-order chi connectivity index (χ0) is 21.7. The molecule has 10 heteroatoms. The number of ketones is 2. The molecule has 30 heavy (non-hydrogen) atoms. The number of Topliss-reactive ketones (excluding diaryl/α,β-unsaturated/α-hetero) is 2. The van der Waals surface area contributed by atoms with Crippen molar-refractivity contribution in [3.05, 3.63) is 33.8 Å². The fraction of sp³-hybridized carbons (Fsp3) is 0.550. The maximum absolute atomic E-state index is 12.4. The quantitative estimate of drug-likeness (QED) is 0.596. The normalized spacial score (nSPS) is 24.0. The third kappa shape index (κ3) is 5.70. The molecule has 0 bridgehead atoms. The topological polar surface area (TPSA) is 94.2 Å². The van der Waals surface area contributed by atoms with Gasteiger partial charge in [0, 0.05) is 23.2 Å². The van der Waals surface area contributed by atoms with Gasteiger partial charge >= 0.3 is 6.09 Å². The number of benzene rings is 1. The van der Waals surface area contributed by atoms with Crippen LogP contribution in [-0.2, 0) is 30.4 Å². The average molecular weight is 459 g/mol. The van der Waals surface area contributed by atoms with Gasteiger partial charge in [-0.1, -0.05) is 23.2 Å². The van der Waals surface area contributed by atoms with Crippen molar-refractivity contribution in [3.63, 3.8) is 0 Å². The SMILES string of the molecule is CCOC1C(=O)C(=O)C1NCCC1CN(C(=O)OCc2cc(Cl)cc(Cl)c2)CCO1. The molecule has 8 nitrogen and oxygen atoms in total. The van der Waals surface area contributed by atoms with Crippen molar-refractivity contribution in [2.75, 3.05) is 32.8 Å². The molecule has 1 aliphatic heterocycles. The maximum atomic E-state index is 12.4. The molecule has 2 fully saturated rings. The molecule has 3 rings (SSSR count). The minimum atomic E-state index is -0.707. The van der Waals surface area contributed by atoms with Crippen LogP contribution in [0.1, 0.15) is 18.9 Å². The number of ether oxygens (including phenoxy) is 3. The average Bonchev–Trinajstić information content (AvgIpc) is 2.73. The Morgan fingerprint density at radius 3 is 2.67 bits per heavy atom. The van der Waals surface area contributed by atoms with E-state index in [0.717, 1.165) is 0 Å². The number of carbonyl (C=O) groups is 3. The summed E-state index contributed by atoms with van der Waals surface area (Å²) in [5, 5.41) is 4.00. The van der Waals surface area contributed by atoms with Gasteiger partial charge in [0.1, 0.15) is 18.8 Å². The summed E-state index contributed by atoms with van der Waals surface area (Å²) in [7, 11) is 0. The van der Waals surface area contributed by atoms with E-state index in [1.165, 1.54) is 0 Å². The molecule has 2 aliphatic rings. The molecule has 1 amide bonds. The summed E-state index contributed by atoms with van der Waals surface area (Å²) in [6, 6.07) is 4.39. The lowest BCUT2D eigenvalue weighted by molar-refractivity contribution is -0.158. The number of rotatable bonds is 8. The summed E-state index contributed by atoms with van der Waals surface area (Å²) in [5.74, 6) is -0.942. The number of hydrogen-bond acceptors (Lipinski definition) is 7. The van der Waals surface area contributed by atoms with Crippen LogP contribution in [0.4, 0.5) is 4.79 Å². The summed E-state index contributed by atoms with van der Waals surface area (Å²) >= 11 is 11.9. The Hall–Kier alpha value is -1.71. The van der Waals surface area contributed by atoms with E-state index in [1.54, 1.807) is 30.0 Å². The van der Waals surface area contributed by atoms with Crippen LogP contribution in [0.3, 0.4) is 0 Å². The van der Waals surface area contributed by atoms with Crippen molar-refractivity contribution >= 4 is 40.9 Å². The molecule has 0 aromatic heterocycles. The monoisotopic (exact) mass is 458 g/mol. The predicted molar refractivity (Wildman–Crippen MR) is 110 cm³/mol. The summed E-state index contributed by atoms with van der Waals surface area (Å²) in [4.78, 5) is 37.2. The number of halogens is 2. The van der Waals surface area contributed by atoms with Gasteiger partial charge in [-0.25, -0.2) is 4.79 Å². The number of amides is 1. The highest BCUT2D eigenvalue weighted by molar-refractivity contribution is 6.48. The number of morpholine rings is 1. The molecule has 164 valence electrons. The maximum Gasteiger partial charge on any atom is 0.410 e. The van der Waals surface area contributed by atoms with Gasteiger partial charge < -0.3 is 24.4 Å². The number of nitrogens with zero attached hydrogens (tertiary/aromatic N) is 1. The van der Waals surface area contributed by atoms with Gasteiger partial charge in [-0.15, -0.1) is 0 Å². The molecule has 3 unspecified atom stereocenters. The van der Waals surface area contributed by atoms with Crippen molar-refractivity contribution in [3.8, 4) is 0 Å². The van der Waals surface area contributed by atoms with Crippen LogP contribution in [0.5, 0.6) is 0 Å². The molecule has 1 aromatic carbocycles. The van der Waals surface area contributed by atoms with Crippen molar-refractivity contribution in [2.45, 2.75) is 38.2 Å². The van der Waals surface area contributed by atoms with Crippen molar-refractivity contribution in [1.82, 2.24) is 10.2 Å². The first-order chi connectivity index (χ1) is 14.4. The van der Waals surface area contributed by atoms with E-state index in [9.17, 15) is 14.4 Å². The third-order valence-electron chi connectivity index (χ3n) is 4.94. The van der Waals surface area contributed by atoms with Crippen LogP contribution in [0, 0.1) is 0 Å². The standard InChI is InChI=1S/C20H24Cl2N2O6/c1-2-28-19-16(17(25)18(19)26)23-4-3-15-10-24(5-6-29-15)20(27)30-11-12-7-13(21)9-14(22)8-12/h7-9,15-16,19,23H,2-6,10-11H2,1H3. The van der Waals surface area contributed by atoms with Gasteiger partial charge in [-0.2, -0.15) is 0 Å². The minimum absolute atomic E-state index is 0.0688. The van der Waals surface area contributed by atoms with Gasteiger partial charge in [-0.3, -0.25) is 9.59 Å². The van der Waals surface area contributed by atoms with Crippen LogP contribution in [0.15, 0.2) is 18.2 Å². The summed E-state index contributed by atoms with van der Waals surface area (Å²) < 4.78 is 16.4. The fourth-order valence-electron chi connectivity index (χ4n) is 3.43. The lowest BCUT2D eigenvalue weighted by Gasteiger charge is -2.35. The summed E-state index contributed by atoms with van der Waals surface area (Å²) in [6.45, 7) is 3.88. The van der Waals surface area contributed by atoms with Gasteiger partial charge in [-0.05, 0) is 43.7 Å². The molecular formula is C20H24Cl2N2O6. The Balaban J connectivity index is 1.42. The predicted octanol–water partition coefficient (Wildman–Crippen LogP) is 2.24. The second-order valence-corrected chi connectivity index (χ2v) is 7.97. The van der Waals surface area contributed by atoms with Gasteiger partial charge in [0.2, 0.25) is 11.6 Å². The van der Waals surface area contributed by atoms with Crippen LogP contribution in [0.2, 0.25) is 10.0 Å². The van der Waals surface area contributed by atoms with E-state index in [1.807, 2.05) is 0 Å². The molecule has 0 radical (unpaired) electrons. The smallest absolute Gasteiger partial charge is 0.410 e. The molecule has 1 N–H and O–H groups in total. The van der Waals surface area contributed by atoms with Crippen molar-refractivity contribution in [2.24, 2.45) is 0 Å². The molecule has 1 aliphatic carbocycles. The zero-order valence-corrected chi connectivity index (χ0v) is 18.1. The lowest BCUT2D eigenvalue weighted by Crippen LogP contribution is -2.65. The highest BCUT2D eigenvalue weighted by Gasteiger charge is 2.49. The Bertz CT molecular complexity index is 785. The van der Waals surface area contributed by atoms with Crippen molar-refractivity contribution < 1.29 is 28.6 Å². The second kappa shape index (κ2) is 10.5. The molecule has 1 saturated carbocycles. The van der Waals surface area contributed by atoms with Gasteiger partial charge in [0.25, 0.3) is 0 Å². The molecule has 3 atom stereocenters. The minimum Gasteiger partial charge on any atom is -0.445 e. The molecular weight excluding hydrogens is 435 g/mol. The number of hydrogen-bond donors (Lipinski definition) is 1. The van der Waals surface area contributed by atoms with Crippen LogP contribution in [-0.4, -0.2) is 73.7 Å². The molecule has 0 spiro atoms. The zero-order valence-electron chi connectivity index (χ0n) is 16.6. The molecule has 1 saturated heterocycles. The highest BCUT2D eigenvalue weighted by atomic mass is 35.5. The second-order valence-electron chi connectivity index (χ2n) is 7.10. The lowest BCUT2D eigenvalue weighted by atomic mass is 9.85. The number of nitrogens with one attached hydrogen (secondary N) is 1. The summed E-state index contributed by atoms with van der Waals surface area (Å²) in [5.41, 5.74) is 0.707. The first-order valence-corrected chi connectivity index (χ1v) is 10.6. The Morgan fingerprint density at radius 1 is 1.23 bits per heavy atom. The van der Waals surface area contributed by atoms with Gasteiger partial charge in [0.05, 0.1) is 19.3 Å². The van der Waals surface area contributed by atoms with Crippen LogP contribution < -0.4 is 5.32 Å². The molecule has 1 aromatic rings. The van der Waals surface area contributed by atoms with Crippen LogP contribution in [0.25, 0.3) is 0 Å². The Morgan fingerprint density at radius 2 is 1.97 bits per heavy atom. The Kier molecular flexibility index (Phi) is 8.07.